The van der Waals surface area contributed by atoms with Crippen LogP contribution >= 0.6 is 0 Å². The first-order valence-electron chi connectivity index (χ1n) is 4.17. The largest absolute Gasteiger partial charge is 0.365 e. The van der Waals surface area contributed by atoms with Gasteiger partial charge in [0.15, 0.2) is 0 Å². The number of aromatic amines is 1. The molecule has 2 heteroatoms. The molecule has 1 heterocycles. The summed E-state index contributed by atoms with van der Waals surface area (Å²) in [6, 6.07) is 8.53. The van der Waals surface area contributed by atoms with Crippen LogP contribution < -0.4 is 0 Å². The third-order valence-electron chi connectivity index (χ3n) is 2.00. The van der Waals surface area contributed by atoms with Crippen molar-refractivity contribution in [3.8, 4) is 11.1 Å². The van der Waals surface area contributed by atoms with Crippen molar-refractivity contribution >= 4 is 0 Å². The predicted molar refractivity (Wildman–Crippen MR) is 50.9 cm³/mol. The van der Waals surface area contributed by atoms with Crippen molar-refractivity contribution in [1.29, 1.82) is 0 Å². The lowest BCUT2D eigenvalue weighted by molar-refractivity contribution is 0.628. The van der Waals surface area contributed by atoms with Crippen molar-refractivity contribution in [2.24, 2.45) is 0 Å². The fraction of sp³-hybridized carbons (Fsp3) is 0.0909. The van der Waals surface area contributed by atoms with E-state index in [0.717, 1.165) is 16.8 Å². The Labute approximate surface area is 76.2 Å². The Morgan fingerprint density at radius 3 is 2.31 bits per heavy atom. The fourth-order valence-electron chi connectivity index (χ4n) is 1.32. The smallest absolute Gasteiger partial charge is 0.123 e. The lowest BCUT2D eigenvalue weighted by Gasteiger charge is -1.95. The second kappa shape index (κ2) is 3.05. The van der Waals surface area contributed by atoms with Gasteiger partial charge in [0.05, 0.1) is 0 Å². The zero-order valence-electron chi connectivity index (χ0n) is 7.34. The summed E-state index contributed by atoms with van der Waals surface area (Å²) in [5, 5.41) is 0. The second-order valence-corrected chi connectivity index (χ2v) is 3.08. The van der Waals surface area contributed by atoms with Gasteiger partial charge in [0, 0.05) is 11.9 Å². The molecule has 2 rings (SSSR count). The molecule has 0 spiro atoms. The number of hydrogen-bond acceptors (Lipinski definition) is 0. The zero-order chi connectivity index (χ0) is 9.26. The summed E-state index contributed by atoms with van der Waals surface area (Å²) in [5.41, 5.74) is 3.24. The molecule has 0 aliphatic rings. The van der Waals surface area contributed by atoms with E-state index in [4.69, 9.17) is 0 Å². The second-order valence-electron chi connectivity index (χ2n) is 3.08. The van der Waals surface area contributed by atoms with Crippen LogP contribution in [0.15, 0.2) is 36.5 Å². The molecule has 0 radical (unpaired) electrons. The molecule has 13 heavy (non-hydrogen) atoms. The molecular formula is C11H10FN. The quantitative estimate of drug-likeness (QED) is 0.685. The van der Waals surface area contributed by atoms with Gasteiger partial charge in [-0.05, 0) is 36.2 Å². The fourth-order valence-corrected chi connectivity index (χ4v) is 1.32. The summed E-state index contributed by atoms with van der Waals surface area (Å²) < 4.78 is 12.6. The van der Waals surface area contributed by atoms with Gasteiger partial charge in [0.25, 0.3) is 0 Å². The van der Waals surface area contributed by atoms with Crippen molar-refractivity contribution in [2.75, 3.05) is 0 Å². The number of nitrogens with one attached hydrogen (secondary N) is 1. The molecule has 0 saturated carbocycles. The van der Waals surface area contributed by atoms with Gasteiger partial charge in [-0.2, -0.15) is 0 Å². The van der Waals surface area contributed by atoms with Crippen LogP contribution in [0.5, 0.6) is 0 Å². The monoisotopic (exact) mass is 175 g/mol. The van der Waals surface area contributed by atoms with Crippen molar-refractivity contribution in [3.63, 3.8) is 0 Å². The van der Waals surface area contributed by atoms with Crippen LogP contribution in [0.4, 0.5) is 4.39 Å². The highest BCUT2D eigenvalue weighted by Crippen LogP contribution is 2.19. The van der Waals surface area contributed by atoms with Gasteiger partial charge >= 0.3 is 0 Å². The molecular weight excluding hydrogens is 165 g/mol. The standard InChI is InChI=1S/C11H10FN/c1-8-6-10(7-13-8)9-2-4-11(12)5-3-9/h2-7,13H,1H3. The molecule has 0 aliphatic heterocycles. The molecule has 0 fully saturated rings. The van der Waals surface area contributed by atoms with Gasteiger partial charge in [-0.15, -0.1) is 0 Å². The summed E-state index contributed by atoms with van der Waals surface area (Å²) in [7, 11) is 0. The van der Waals surface area contributed by atoms with Gasteiger partial charge in [-0.3, -0.25) is 0 Å². The molecule has 0 unspecified atom stereocenters. The lowest BCUT2D eigenvalue weighted by atomic mass is 10.1. The van der Waals surface area contributed by atoms with E-state index in [1.807, 2.05) is 19.2 Å². The van der Waals surface area contributed by atoms with Crippen molar-refractivity contribution in [2.45, 2.75) is 6.92 Å². The topological polar surface area (TPSA) is 15.8 Å². The van der Waals surface area contributed by atoms with Gasteiger partial charge in [-0.1, -0.05) is 12.1 Å². The summed E-state index contributed by atoms with van der Waals surface area (Å²) in [4.78, 5) is 3.09. The Hall–Kier alpha value is -1.57. The highest BCUT2D eigenvalue weighted by atomic mass is 19.1. The van der Waals surface area contributed by atoms with E-state index in [-0.39, 0.29) is 5.82 Å². The number of halogens is 1. The molecule has 0 atom stereocenters. The van der Waals surface area contributed by atoms with E-state index in [2.05, 4.69) is 4.98 Å². The number of hydrogen-bond donors (Lipinski definition) is 1. The lowest BCUT2D eigenvalue weighted by Crippen LogP contribution is -1.75. The minimum atomic E-state index is -0.198. The van der Waals surface area contributed by atoms with Crippen LogP contribution in [-0.4, -0.2) is 4.98 Å². The predicted octanol–water partition coefficient (Wildman–Crippen LogP) is 3.13. The number of aromatic nitrogens is 1. The third kappa shape index (κ3) is 1.61. The molecule has 1 N–H and O–H groups in total. The number of aryl methyl sites for hydroxylation is 1. The summed E-state index contributed by atoms with van der Waals surface area (Å²) in [6.07, 6.45) is 1.92. The maximum atomic E-state index is 12.6. The first kappa shape index (κ1) is 8.05. The van der Waals surface area contributed by atoms with Crippen LogP contribution in [0.1, 0.15) is 5.69 Å². The van der Waals surface area contributed by atoms with Crippen LogP contribution in [0.25, 0.3) is 11.1 Å². The van der Waals surface area contributed by atoms with Crippen LogP contribution in [0, 0.1) is 12.7 Å². The van der Waals surface area contributed by atoms with Gasteiger partial charge in [0.1, 0.15) is 5.82 Å². The number of rotatable bonds is 1. The first-order valence-corrected chi connectivity index (χ1v) is 4.17. The van der Waals surface area contributed by atoms with E-state index in [9.17, 15) is 4.39 Å². The minimum Gasteiger partial charge on any atom is -0.365 e. The van der Waals surface area contributed by atoms with E-state index >= 15 is 0 Å². The number of benzene rings is 1. The molecule has 1 nitrogen and oxygen atoms in total. The molecule has 0 aliphatic carbocycles. The van der Waals surface area contributed by atoms with Gasteiger partial charge in [-0.25, -0.2) is 4.39 Å². The van der Waals surface area contributed by atoms with E-state index < -0.39 is 0 Å². The van der Waals surface area contributed by atoms with E-state index in [0.29, 0.717) is 0 Å². The van der Waals surface area contributed by atoms with Crippen LogP contribution in [0.2, 0.25) is 0 Å². The van der Waals surface area contributed by atoms with Crippen molar-refractivity contribution < 1.29 is 4.39 Å². The Kier molecular flexibility index (Phi) is 1.89. The molecule has 0 amide bonds. The van der Waals surface area contributed by atoms with Crippen LogP contribution in [-0.2, 0) is 0 Å². The molecule has 2 aromatic rings. The molecule has 1 aromatic carbocycles. The maximum Gasteiger partial charge on any atom is 0.123 e. The molecule has 66 valence electrons. The van der Waals surface area contributed by atoms with E-state index in [1.54, 1.807) is 12.1 Å². The highest BCUT2D eigenvalue weighted by molar-refractivity contribution is 5.63. The summed E-state index contributed by atoms with van der Waals surface area (Å²) in [5.74, 6) is -0.198. The van der Waals surface area contributed by atoms with E-state index in [1.165, 1.54) is 12.1 Å². The van der Waals surface area contributed by atoms with Crippen LogP contribution in [0.3, 0.4) is 0 Å². The molecule has 0 bridgehead atoms. The molecule has 1 aromatic heterocycles. The Morgan fingerprint density at radius 1 is 1.08 bits per heavy atom. The average Bonchev–Trinajstić information content (AvgIpc) is 2.53. The number of H-pyrrole nitrogens is 1. The minimum absolute atomic E-state index is 0.198. The first-order chi connectivity index (χ1) is 6.25. The zero-order valence-corrected chi connectivity index (χ0v) is 7.34. The third-order valence-corrected chi connectivity index (χ3v) is 2.00. The van der Waals surface area contributed by atoms with Crippen molar-refractivity contribution in [3.05, 3.63) is 48.0 Å². The van der Waals surface area contributed by atoms with Gasteiger partial charge < -0.3 is 4.98 Å². The highest BCUT2D eigenvalue weighted by Gasteiger charge is 1.98. The average molecular weight is 175 g/mol. The molecule has 0 saturated heterocycles. The van der Waals surface area contributed by atoms with Gasteiger partial charge in [0.2, 0.25) is 0 Å². The SMILES string of the molecule is Cc1cc(-c2ccc(F)cc2)c[nH]1. The summed E-state index contributed by atoms with van der Waals surface area (Å²) >= 11 is 0. The Balaban J connectivity index is 2.41. The maximum absolute atomic E-state index is 12.6. The Morgan fingerprint density at radius 2 is 1.77 bits per heavy atom. The van der Waals surface area contributed by atoms with Crippen molar-refractivity contribution in [1.82, 2.24) is 4.98 Å². The normalized spacial score (nSPS) is 10.3. The Bertz CT molecular complexity index is 400. The summed E-state index contributed by atoms with van der Waals surface area (Å²) in [6.45, 7) is 1.99.